The molecule has 2 fully saturated rings. The van der Waals surface area contributed by atoms with Crippen molar-refractivity contribution in [3.8, 4) is 5.75 Å². The summed E-state index contributed by atoms with van der Waals surface area (Å²) in [7, 11) is 1.72. The van der Waals surface area contributed by atoms with Crippen molar-refractivity contribution in [2.24, 2.45) is 5.73 Å². The van der Waals surface area contributed by atoms with E-state index in [9.17, 15) is 9.18 Å². The molecule has 2 N–H and O–H groups in total. The van der Waals surface area contributed by atoms with E-state index in [1.165, 1.54) is 18.2 Å². The van der Waals surface area contributed by atoms with E-state index in [2.05, 4.69) is 0 Å². The first-order valence-corrected chi connectivity index (χ1v) is 8.62. The third-order valence-electron chi connectivity index (χ3n) is 5.04. The quantitative estimate of drug-likeness (QED) is 0.810. The van der Waals surface area contributed by atoms with Gasteiger partial charge in [-0.3, -0.25) is 4.79 Å². The minimum absolute atomic E-state index is 0.140. The SMILES string of the molecule is COC1C[C@H]2CC[C@@H](C1)N2C(=O)c1cc(F)ccc1OCCCN. The smallest absolute Gasteiger partial charge is 0.258 e. The van der Waals surface area contributed by atoms with E-state index in [1.54, 1.807) is 7.11 Å². The number of hydrogen-bond donors (Lipinski definition) is 1. The van der Waals surface area contributed by atoms with Gasteiger partial charge in [-0.25, -0.2) is 4.39 Å². The highest BCUT2D eigenvalue weighted by Crippen LogP contribution is 2.38. The normalized spacial score (nSPS) is 25.8. The van der Waals surface area contributed by atoms with Crippen molar-refractivity contribution in [2.75, 3.05) is 20.3 Å². The van der Waals surface area contributed by atoms with Gasteiger partial charge in [0.15, 0.2) is 0 Å². The zero-order chi connectivity index (χ0) is 17.1. The average molecular weight is 336 g/mol. The molecule has 1 aromatic rings. The van der Waals surface area contributed by atoms with Gasteiger partial charge < -0.3 is 20.1 Å². The Bertz CT molecular complexity index is 582. The number of halogens is 1. The largest absolute Gasteiger partial charge is 0.493 e. The lowest BCUT2D eigenvalue weighted by atomic mass is 9.98. The van der Waals surface area contributed by atoms with Crippen LogP contribution in [0.1, 0.15) is 42.5 Å². The molecular formula is C18H25FN2O3. The van der Waals surface area contributed by atoms with E-state index in [4.69, 9.17) is 15.2 Å². The molecule has 0 radical (unpaired) electrons. The Morgan fingerprint density at radius 2 is 2.04 bits per heavy atom. The first-order chi connectivity index (χ1) is 11.6. The molecule has 0 aliphatic carbocycles. The molecule has 0 aromatic heterocycles. The maximum Gasteiger partial charge on any atom is 0.258 e. The lowest BCUT2D eigenvalue weighted by molar-refractivity contribution is 0.00804. The molecule has 132 valence electrons. The van der Waals surface area contributed by atoms with Gasteiger partial charge in [-0.05, 0) is 56.8 Å². The molecule has 2 bridgehead atoms. The van der Waals surface area contributed by atoms with E-state index < -0.39 is 5.82 Å². The van der Waals surface area contributed by atoms with Gasteiger partial charge in [0, 0.05) is 19.2 Å². The maximum atomic E-state index is 13.7. The summed E-state index contributed by atoms with van der Waals surface area (Å²) in [5.41, 5.74) is 5.78. The molecule has 24 heavy (non-hydrogen) atoms. The first kappa shape index (κ1) is 17.2. The van der Waals surface area contributed by atoms with Crippen LogP contribution in [-0.4, -0.2) is 49.3 Å². The second-order valence-electron chi connectivity index (χ2n) is 6.56. The monoisotopic (exact) mass is 336 g/mol. The lowest BCUT2D eigenvalue weighted by Crippen LogP contribution is -2.48. The number of carbonyl (C=O) groups is 1. The van der Waals surface area contributed by atoms with Gasteiger partial charge in [-0.15, -0.1) is 0 Å². The van der Waals surface area contributed by atoms with Crippen LogP contribution in [0.2, 0.25) is 0 Å². The Kier molecular flexibility index (Phi) is 5.36. The van der Waals surface area contributed by atoms with Crippen molar-refractivity contribution in [2.45, 2.75) is 50.3 Å². The van der Waals surface area contributed by atoms with Crippen LogP contribution in [0.15, 0.2) is 18.2 Å². The number of rotatable bonds is 6. The molecule has 5 nitrogen and oxygen atoms in total. The van der Waals surface area contributed by atoms with Gasteiger partial charge in [0.25, 0.3) is 5.91 Å². The Balaban J connectivity index is 1.81. The van der Waals surface area contributed by atoms with Crippen LogP contribution in [-0.2, 0) is 4.74 Å². The van der Waals surface area contributed by atoms with Gasteiger partial charge in [0.05, 0.1) is 18.3 Å². The summed E-state index contributed by atoms with van der Waals surface area (Å²) in [5.74, 6) is -0.133. The second-order valence-corrected chi connectivity index (χ2v) is 6.56. The molecule has 2 aliphatic heterocycles. The van der Waals surface area contributed by atoms with Crippen LogP contribution in [0, 0.1) is 5.82 Å². The van der Waals surface area contributed by atoms with E-state index in [1.807, 2.05) is 4.90 Å². The Morgan fingerprint density at radius 3 is 2.67 bits per heavy atom. The van der Waals surface area contributed by atoms with Crippen molar-refractivity contribution in [1.29, 1.82) is 0 Å². The number of nitrogens with two attached hydrogens (primary N) is 1. The van der Waals surface area contributed by atoms with Crippen LogP contribution in [0.3, 0.4) is 0 Å². The van der Waals surface area contributed by atoms with Crippen LogP contribution in [0.25, 0.3) is 0 Å². The van der Waals surface area contributed by atoms with Crippen LogP contribution < -0.4 is 10.5 Å². The summed E-state index contributed by atoms with van der Waals surface area (Å²) in [5, 5.41) is 0. The van der Waals surface area contributed by atoms with Gasteiger partial charge in [0.2, 0.25) is 0 Å². The summed E-state index contributed by atoms with van der Waals surface area (Å²) in [6, 6.07) is 4.47. The highest BCUT2D eigenvalue weighted by Gasteiger charge is 2.44. The van der Waals surface area contributed by atoms with E-state index >= 15 is 0 Å². The summed E-state index contributed by atoms with van der Waals surface area (Å²) >= 11 is 0. The molecule has 2 heterocycles. The van der Waals surface area contributed by atoms with Crippen molar-refractivity contribution in [3.05, 3.63) is 29.6 Å². The fourth-order valence-electron chi connectivity index (χ4n) is 3.85. The van der Waals surface area contributed by atoms with Crippen molar-refractivity contribution < 1.29 is 18.7 Å². The predicted molar refractivity (Wildman–Crippen MR) is 88.6 cm³/mol. The minimum Gasteiger partial charge on any atom is -0.493 e. The highest BCUT2D eigenvalue weighted by atomic mass is 19.1. The number of carbonyl (C=O) groups excluding carboxylic acids is 1. The predicted octanol–water partition coefficient (Wildman–Crippen LogP) is 2.34. The summed E-state index contributed by atoms with van der Waals surface area (Å²) in [6.07, 6.45) is 4.55. The number of fused-ring (bicyclic) bond motifs is 2. The lowest BCUT2D eigenvalue weighted by Gasteiger charge is -2.38. The maximum absolute atomic E-state index is 13.7. The minimum atomic E-state index is -0.427. The molecule has 3 atom stereocenters. The van der Waals surface area contributed by atoms with Gasteiger partial charge >= 0.3 is 0 Å². The summed E-state index contributed by atoms with van der Waals surface area (Å²) < 4.78 is 24.9. The van der Waals surface area contributed by atoms with Crippen molar-refractivity contribution >= 4 is 5.91 Å². The fraction of sp³-hybridized carbons (Fsp3) is 0.611. The topological polar surface area (TPSA) is 64.8 Å². The molecule has 1 unspecified atom stereocenters. The zero-order valence-electron chi connectivity index (χ0n) is 14.0. The molecule has 2 aliphatic rings. The van der Waals surface area contributed by atoms with Gasteiger partial charge in [0.1, 0.15) is 11.6 Å². The van der Waals surface area contributed by atoms with E-state index in [0.717, 1.165) is 25.7 Å². The summed E-state index contributed by atoms with van der Waals surface area (Å²) in [4.78, 5) is 15.0. The number of piperidine rings is 1. The number of benzene rings is 1. The molecule has 2 saturated heterocycles. The molecule has 1 aromatic carbocycles. The van der Waals surface area contributed by atoms with E-state index in [-0.39, 0.29) is 24.1 Å². The molecular weight excluding hydrogens is 311 g/mol. The standard InChI is InChI=1S/C18H25FN2O3/c1-23-15-10-13-4-5-14(11-15)21(13)18(22)16-9-12(19)3-6-17(16)24-8-2-7-20/h3,6,9,13-15H,2,4-5,7-8,10-11,20H2,1H3/t13-,14+,15?. The molecule has 0 saturated carbocycles. The Labute approximate surface area is 141 Å². The molecule has 6 heteroatoms. The van der Waals surface area contributed by atoms with Crippen molar-refractivity contribution in [1.82, 2.24) is 4.90 Å². The third kappa shape index (κ3) is 3.39. The number of ether oxygens (including phenoxy) is 2. The van der Waals surface area contributed by atoms with E-state index in [0.29, 0.717) is 30.9 Å². The number of hydrogen-bond acceptors (Lipinski definition) is 4. The van der Waals surface area contributed by atoms with Crippen LogP contribution in [0.5, 0.6) is 5.75 Å². The fourth-order valence-corrected chi connectivity index (χ4v) is 3.85. The zero-order valence-corrected chi connectivity index (χ0v) is 14.0. The van der Waals surface area contributed by atoms with Gasteiger partial charge in [-0.1, -0.05) is 0 Å². The first-order valence-electron chi connectivity index (χ1n) is 8.62. The van der Waals surface area contributed by atoms with Gasteiger partial charge in [-0.2, -0.15) is 0 Å². The molecule has 0 spiro atoms. The Hall–Kier alpha value is -1.66. The number of nitrogens with zero attached hydrogens (tertiary/aromatic N) is 1. The Morgan fingerprint density at radius 1 is 1.33 bits per heavy atom. The number of methoxy groups -OCH3 is 1. The van der Waals surface area contributed by atoms with Crippen LogP contribution >= 0.6 is 0 Å². The second kappa shape index (κ2) is 7.49. The van der Waals surface area contributed by atoms with Crippen LogP contribution in [0.4, 0.5) is 4.39 Å². The summed E-state index contributed by atoms with van der Waals surface area (Å²) in [6.45, 7) is 0.931. The highest BCUT2D eigenvalue weighted by molar-refractivity contribution is 5.97. The molecule has 3 rings (SSSR count). The van der Waals surface area contributed by atoms with Crippen molar-refractivity contribution in [3.63, 3.8) is 0 Å². The third-order valence-corrected chi connectivity index (χ3v) is 5.04. The average Bonchev–Trinajstić information content (AvgIpc) is 2.85. The molecule has 1 amide bonds. The number of amides is 1.